The lowest BCUT2D eigenvalue weighted by Gasteiger charge is -2.32. The molecular formula is C23H39IN6O. The summed E-state index contributed by atoms with van der Waals surface area (Å²) in [7, 11) is 2.19. The third-order valence-corrected chi connectivity index (χ3v) is 5.86. The second-order valence-corrected chi connectivity index (χ2v) is 8.36. The molecule has 0 aliphatic carbocycles. The Hall–Kier alpha value is -1.39. The number of amides is 1. The van der Waals surface area contributed by atoms with Gasteiger partial charge >= 0.3 is 0 Å². The Bertz CT molecular complexity index is 688. The van der Waals surface area contributed by atoms with E-state index >= 15 is 0 Å². The standard InChI is InChI=1S/C23H38N6O.HI/c1-3-24-23(25-11-5-13-29-12-4-6-22(29)30)26-18-20-7-9-21(10-8-20)19-28-16-14-27(2)15-17-28;/h7-10H,3-6,11-19H2,1-2H3,(H2,24,25,26);1H. The smallest absolute Gasteiger partial charge is 0.222 e. The van der Waals surface area contributed by atoms with Gasteiger partial charge in [0.1, 0.15) is 0 Å². The molecule has 2 aliphatic rings. The first-order valence-corrected chi connectivity index (χ1v) is 11.4. The highest BCUT2D eigenvalue weighted by atomic mass is 127. The van der Waals surface area contributed by atoms with E-state index in [-0.39, 0.29) is 24.0 Å². The molecule has 0 aromatic heterocycles. The van der Waals surface area contributed by atoms with Crippen LogP contribution < -0.4 is 10.6 Å². The van der Waals surface area contributed by atoms with Gasteiger partial charge in [-0.15, -0.1) is 24.0 Å². The molecule has 0 atom stereocenters. The summed E-state index contributed by atoms with van der Waals surface area (Å²) in [5.41, 5.74) is 2.59. The van der Waals surface area contributed by atoms with Crippen molar-refractivity contribution in [3.05, 3.63) is 35.4 Å². The maximum Gasteiger partial charge on any atom is 0.222 e. The molecule has 7 nitrogen and oxygen atoms in total. The maximum absolute atomic E-state index is 11.7. The topological polar surface area (TPSA) is 63.2 Å². The first-order chi connectivity index (χ1) is 14.6. The zero-order valence-corrected chi connectivity index (χ0v) is 21.4. The Balaban J connectivity index is 0.00000341. The Morgan fingerprint density at radius 1 is 1.03 bits per heavy atom. The van der Waals surface area contributed by atoms with Gasteiger partial charge in [0.25, 0.3) is 0 Å². The fraction of sp³-hybridized carbons (Fsp3) is 0.652. The van der Waals surface area contributed by atoms with Crippen molar-refractivity contribution < 1.29 is 4.79 Å². The number of piperazine rings is 1. The normalized spacial score (nSPS) is 18.2. The molecule has 2 aliphatic heterocycles. The number of hydrogen-bond donors (Lipinski definition) is 2. The van der Waals surface area contributed by atoms with Crippen molar-refractivity contribution in [1.82, 2.24) is 25.3 Å². The predicted octanol–water partition coefficient (Wildman–Crippen LogP) is 2.12. The molecule has 0 spiro atoms. The van der Waals surface area contributed by atoms with Gasteiger partial charge in [0.2, 0.25) is 5.91 Å². The van der Waals surface area contributed by atoms with Gasteiger partial charge in [-0.3, -0.25) is 9.69 Å². The molecule has 0 bridgehead atoms. The van der Waals surface area contributed by atoms with Gasteiger partial charge in [0, 0.05) is 65.3 Å². The minimum atomic E-state index is 0. The summed E-state index contributed by atoms with van der Waals surface area (Å²) in [4.78, 5) is 23.3. The molecule has 1 aromatic rings. The van der Waals surface area contributed by atoms with E-state index in [0.29, 0.717) is 18.9 Å². The quantitative estimate of drug-likeness (QED) is 0.217. The molecule has 31 heavy (non-hydrogen) atoms. The van der Waals surface area contributed by atoms with Crippen molar-refractivity contribution in [2.75, 3.05) is 59.4 Å². The lowest BCUT2D eigenvalue weighted by atomic mass is 10.1. The van der Waals surface area contributed by atoms with Crippen LogP contribution in [0.15, 0.2) is 29.3 Å². The van der Waals surface area contributed by atoms with Gasteiger partial charge in [-0.05, 0) is 37.9 Å². The highest BCUT2D eigenvalue weighted by molar-refractivity contribution is 14.0. The van der Waals surface area contributed by atoms with Crippen LogP contribution in [0.3, 0.4) is 0 Å². The second kappa shape index (κ2) is 13.9. The Kier molecular flexibility index (Phi) is 11.6. The van der Waals surface area contributed by atoms with Crippen LogP contribution in [0, 0.1) is 0 Å². The molecular weight excluding hydrogens is 503 g/mol. The minimum Gasteiger partial charge on any atom is -0.357 e. The predicted molar refractivity (Wildman–Crippen MR) is 138 cm³/mol. The number of carbonyl (C=O) groups is 1. The summed E-state index contributed by atoms with van der Waals surface area (Å²) in [5.74, 6) is 1.14. The highest BCUT2D eigenvalue weighted by Gasteiger charge is 2.19. The maximum atomic E-state index is 11.7. The van der Waals surface area contributed by atoms with Gasteiger partial charge in [-0.1, -0.05) is 24.3 Å². The molecule has 2 heterocycles. The van der Waals surface area contributed by atoms with Crippen LogP contribution in [0.1, 0.15) is 37.3 Å². The highest BCUT2D eigenvalue weighted by Crippen LogP contribution is 2.11. The van der Waals surface area contributed by atoms with Crippen LogP contribution in [0.25, 0.3) is 0 Å². The van der Waals surface area contributed by atoms with Crippen molar-refractivity contribution in [1.29, 1.82) is 0 Å². The summed E-state index contributed by atoms with van der Waals surface area (Å²) < 4.78 is 0. The molecule has 0 unspecified atom stereocenters. The van der Waals surface area contributed by atoms with Crippen molar-refractivity contribution in [2.24, 2.45) is 4.99 Å². The number of carbonyl (C=O) groups excluding carboxylic acids is 1. The number of likely N-dealkylation sites (N-methyl/N-ethyl adjacent to an activating group) is 1. The van der Waals surface area contributed by atoms with Crippen LogP contribution in [-0.2, 0) is 17.9 Å². The number of guanidine groups is 1. The van der Waals surface area contributed by atoms with Gasteiger partial charge in [-0.25, -0.2) is 4.99 Å². The molecule has 174 valence electrons. The van der Waals surface area contributed by atoms with Gasteiger partial charge in [0.05, 0.1) is 6.54 Å². The van der Waals surface area contributed by atoms with Crippen molar-refractivity contribution in [2.45, 2.75) is 39.3 Å². The average molecular weight is 543 g/mol. The number of aliphatic imine (C=N–C) groups is 1. The number of benzene rings is 1. The monoisotopic (exact) mass is 542 g/mol. The molecule has 2 saturated heterocycles. The SMILES string of the molecule is CCNC(=NCc1ccc(CN2CCN(C)CC2)cc1)NCCCN1CCCC1=O.I. The van der Waals surface area contributed by atoms with Gasteiger partial charge in [0.15, 0.2) is 5.96 Å². The largest absolute Gasteiger partial charge is 0.357 e. The summed E-state index contributed by atoms with van der Waals surface area (Å²) in [6.45, 7) is 11.8. The van der Waals surface area contributed by atoms with Crippen LogP contribution in [0.2, 0.25) is 0 Å². The molecule has 1 amide bonds. The molecule has 2 N–H and O–H groups in total. The van der Waals surface area contributed by atoms with E-state index < -0.39 is 0 Å². The van der Waals surface area contributed by atoms with Crippen molar-refractivity contribution in [3.8, 4) is 0 Å². The summed E-state index contributed by atoms with van der Waals surface area (Å²) in [6, 6.07) is 8.85. The number of halogens is 1. The average Bonchev–Trinajstić information content (AvgIpc) is 3.16. The fourth-order valence-corrected chi connectivity index (χ4v) is 3.94. The van der Waals surface area contributed by atoms with E-state index in [0.717, 1.165) is 77.7 Å². The van der Waals surface area contributed by atoms with Crippen LogP contribution >= 0.6 is 24.0 Å². The van der Waals surface area contributed by atoms with E-state index in [1.807, 2.05) is 4.90 Å². The van der Waals surface area contributed by atoms with Gasteiger partial charge < -0.3 is 20.4 Å². The first-order valence-electron chi connectivity index (χ1n) is 11.4. The van der Waals surface area contributed by atoms with E-state index in [2.05, 4.69) is 58.7 Å². The van der Waals surface area contributed by atoms with E-state index in [1.54, 1.807) is 0 Å². The molecule has 8 heteroatoms. The Morgan fingerprint density at radius 3 is 2.39 bits per heavy atom. The lowest BCUT2D eigenvalue weighted by molar-refractivity contribution is -0.127. The molecule has 3 rings (SSSR count). The van der Waals surface area contributed by atoms with E-state index in [4.69, 9.17) is 4.99 Å². The van der Waals surface area contributed by atoms with Gasteiger partial charge in [-0.2, -0.15) is 0 Å². The number of hydrogen-bond acceptors (Lipinski definition) is 4. The molecule has 0 saturated carbocycles. The molecule has 2 fully saturated rings. The van der Waals surface area contributed by atoms with Crippen LogP contribution in [-0.4, -0.2) is 86.0 Å². The summed E-state index contributed by atoms with van der Waals surface area (Å²) >= 11 is 0. The third kappa shape index (κ3) is 8.94. The van der Waals surface area contributed by atoms with E-state index in [1.165, 1.54) is 11.1 Å². The number of likely N-dealkylation sites (tertiary alicyclic amines) is 1. The van der Waals surface area contributed by atoms with Crippen molar-refractivity contribution in [3.63, 3.8) is 0 Å². The van der Waals surface area contributed by atoms with Crippen LogP contribution in [0.4, 0.5) is 0 Å². The lowest BCUT2D eigenvalue weighted by Crippen LogP contribution is -2.43. The van der Waals surface area contributed by atoms with Crippen molar-refractivity contribution >= 4 is 35.8 Å². The number of nitrogens with one attached hydrogen (secondary N) is 2. The zero-order valence-electron chi connectivity index (χ0n) is 19.1. The third-order valence-electron chi connectivity index (χ3n) is 5.86. The number of rotatable bonds is 9. The minimum absolute atomic E-state index is 0. The molecule has 0 radical (unpaired) electrons. The Morgan fingerprint density at radius 2 is 1.74 bits per heavy atom. The first kappa shape index (κ1) is 25.9. The zero-order chi connectivity index (χ0) is 21.2. The Labute approximate surface area is 204 Å². The summed E-state index contributed by atoms with van der Waals surface area (Å²) in [6.07, 6.45) is 2.66. The second-order valence-electron chi connectivity index (χ2n) is 8.36. The van der Waals surface area contributed by atoms with Crippen LogP contribution in [0.5, 0.6) is 0 Å². The summed E-state index contributed by atoms with van der Waals surface area (Å²) in [5, 5.41) is 6.70. The van der Waals surface area contributed by atoms with E-state index in [9.17, 15) is 4.79 Å². The molecule has 1 aromatic carbocycles. The fourth-order valence-electron chi connectivity index (χ4n) is 3.94. The number of nitrogens with zero attached hydrogens (tertiary/aromatic N) is 4.